The topological polar surface area (TPSA) is 66.8 Å². The molecule has 0 saturated heterocycles. The first-order chi connectivity index (χ1) is 19.0. The van der Waals surface area contributed by atoms with Gasteiger partial charge in [0.1, 0.15) is 11.5 Å². The van der Waals surface area contributed by atoms with Crippen molar-refractivity contribution in [1.82, 2.24) is 0 Å². The highest BCUT2D eigenvalue weighted by molar-refractivity contribution is 5.73. The van der Waals surface area contributed by atoms with Crippen molar-refractivity contribution >= 4 is 5.97 Å². The molecule has 2 N–H and O–H groups in total. The van der Waals surface area contributed by atoms with Crippen LogP contribution >= 0.6 is 0 Å². The zero-order valence-corrected chi connectivity index (χ0v) is 24.8. The quantitative estimate of drug-likeness (QED) is 0.116. The number of carbonyl (C=O) groups is 1. The van der Waals surface area contributed by atoms with Gasteiger partial charge in [-0.3, -0.25) is 4.79 Å². The van der Waals surface area contributed by atoms with Crippen LogP contribution in [0.5, 0.6) is 11.5 Å². The Hall–Kier alpha value is -2.49. The van der Waals surface area contributed by atoms with Crippen molar-refractivity contribution in [3.63, 3.8) is 0 Å². The van der Waals surface area contributed by atoms with Gasteiger partial charge < -0.3 is 14.9 Å². The molecule has 0 heterocycles. The van der Waals surface area contributed by atoms with Crippen molar-refractivity contribution in [3.05, 3.63) is 59.7 Å². The first-order valence-electron chi connectivity index (χ1n) is 15.8. The number of carbonyl (C=O) groups excluding carboxylic acids is 1. The van der Waals surface area contributed by atoms with Gasteiger partial charge in [-0.15, -0.1) is 0 Å². The second kappa shape index (κ2) is 19.6. The summed E-state index contributed by atoms with van der Waals surface area (Å²) < 4.78 is 5.67. The van der Waals surface area contributed by atoms with Crippen LogP contribution in [0.3, 0.4) is 0 Å². The molecule has 0 spiro atoms. The van der Waals surface area contributed by atoms with E-state index in [1.165, 1.54) is 89.9 Å². The summed E-state index contributed by atoms with van der Waals surface area (Å²) in [4.78, 5) is 12.9. The summed E-state index contributed by atoms with van der Waals surface area (Å²) in [5.41, 5.74) is 1.33. The molecule has 2 aromatic carbocycles. The molecule has 0 fully saturated rings. The maximum atomic E-state index is 12.9. The van der Waals surface area contributed by atoms with Gasteiger partial charge in [0.15, 0.2) is 0 Å². The Balaban J connectivity index is 1.62. The summed E-state index contributed by atoms with van der Waals surface area (Å²) >= 11 is 0. The van der Waals surface area contributed by atoms with Crippen LogP contribution in [0.25, 0.3) is 0 Å². The van der Waals surface area contributed by atoms with Gasteiger partial charge in [-0.25, -0.2) is 0 Å². The van der Waals surface area contributed by atoms with E-state index in [-0.39, 0.29) is 23.9 Å². The average Bonchev–Trinajstić information content (AvgIpc) is 2.94. The van der Waals surface area contributed by atoms with E-state index in [0.29, 0.717) is 13.0 Å². The lowest BCUT2D eigenvalue weighted by Gasteiger charge is -2.33. The third kappa shape index (κ3) is 12.5. The van der Waals surface area contributed by atoms with Crippen molar-refractivity contribution in [3.8, 4) is 11.5 Å². The monoisotopic (exact) mass is 538 g/mol. The Kier molecular flexibility index (Phi) is 16.4. The molecule has 0 aliphatic carbocycles. The first-order valence-corrected chi connectivity index (χ1v) is 15.8. The number of phenols is 2. The highest BCUT2D eigenvalue weighted by Crippen LogP contribution is 2.40. The van der Waals surface area contributed by atoms with Gasteiger partial charge >= 0.3 is 5.97 Å². The standard InChI is InChI=1S/C35H54O4/c1-3-5-6-7-8-9-10-11-12-13-14-15-16-17-18-19-28-39-34(38)29-35(4-2,30-20-24-32(36)25-21-30)31-22-26-33(37)27-23-31/h20-27,36-37H,3-19,28-29H2,1-2H3. The van der Waals surface area contributed by atoms with Crippen molar-refractivity contribution in [2.24, 2.45) is 0 Å². The molecule has 0 saturated carbocycles. The highest BCUT2D eigenvalue weighted by atomic mass is 16.5. The summed E-state index contributed by atoms with van der Waals surface area (Å²) in [6, 6.07) is 14.1. The number of aromatic hydroxyl groups is 2. The second-order valence-electron chi connectivity index (χ2n) is 11.2. The van der Waals surface area contributed by atoms with E-state index in [4.69, 9.17) is 4.74 Å². The summed E-state index contributed by atoms with van der Waals surface area (Å²) in [6.07, 6.45) is 22.0. The zero-order chi connectivity index (χ0) is 28.2. The molecule has 0 aliphatic rings. The zero-order valence-electron chi connectivity index (χ0n) is 24.8. The van der Waals surface area contributed by atoms with E-state index in [9.17, 15) is 15.0 Å². The molecular weight excluding hydrogens is 484 g/mol. The molecule has 39 heavy (non-hydrogen) atoms. The number of hydrogen-bond acceptors (Lipinski definition) is 4. The maximum absolute atomic E-state index is 12.9. The van der Waals surface area contributed by atoms with Crippen LogP contribution in [0, 0.1) is 0 Å². The van der Waals surface area contributed by atoms with Crippen LogP contribution in [0.2, 0.25) is 0 Å². The second-order valence-corrected chi connectivity index (χ2v) is 11.2. The number of benzene rings is 2. The number of unbranched alkanes of at least 4 members (excludes halogenated alkanes) is 15. The van der Waals surface area contributed by atoms with Crippen LogP contribution in [0.4, 0.5) is 0 Å². The summed E-state index contributed by atoms with van der Waals surface area (Å²) in [5, 5.41) is 19.5. The van der Waals surface area contributed by atoms with Crippen molar-refractivity contribution in [1.29, 1.82) is 0 Å². The van der Waals surface area contributed by atoms with E-state index in [1.54, 1.807) is 24.3 Å². The minimum Gasteiger partial charge on any atom is -0.508 e. The van der Waals surface area contributed by atoms with Gasteiger partial charge in [-0.05, 0) is 48.2 Å². The largest absolute Gasteiger partial charge is 0.508 e. The molecule has 0 aromatic heterocycles. The van der Waals surface area contributed by atoms with Gasteiger partial charge in [-0.2, -0.15) is 0 Å². The summed E-state index contributed by atoms with van der Waals surface area (Å²) in [6.45, 7) is 4.79. The molecule has 0 amide bonds. The summed E-state index contributed by atoms with van der Waals surface area (Å²) in [7, 11) is 0. The fraction of sp³-hybridized carbons (Fsp3) is 0.629. The SMILES string of the molecule is CCCCCCCCCCCCCCCCCCOC(=O)CC(CC)(c1ccc(O)cc1)c1ccc(O)cc1. The Morgan fingerprint density at radius 2 is 0.949 bits per heavy atom. The van der Waals surface area contributed by atoms with Gasteiger partial charge in [0.05, 0.1) is 13.0 Å². The molecule has 0 bridgehead atoms. The first kappa shape index (κ1) is 32.7. The van der Waals surface area contributed by atoms with Gasteiger partial charge in [-0.1, -0.05) is 134 Å². The van der Waals surface area contributed by atoms with Crippen LogP contribution in [0.1, 0.15) is 141 Å². The third-order valence-corrected chi connectivity index (χ3v) is 8.15. The Morgan fingerprint density at radius 3 is 1.31 bits per heavy atom. The number of rotatable bonds is 22. The van der Waals surface area contributed by atoms with E-state index in [1.807, 2.05) is 24.3 Å². The molecule has 2 aromatic rings. The normalized spacial score (nSPS) is 11.5. The van der Waals surface area contributed by atoms with Crippen molar-refractivity contribution in [2.45, 2.75) is 135 Å². The lowest BCUT2D eigenvalue weighted by atomic mass is 9.70. The smallest absolute Gasteiger partial charge is 0.307 e. The molecule has 2 rings (SSSR count). The maximum Gasteiger partial charge on any atom is 0.307 e. The van der Waals surface area contributed by atoms with Crippen LogP contribution in [0.15, 0.2) is 48.5 Å². The van der Waals surface area contributed by atoms with E-state index >= 15 is 0 Å². The van der Waals surface area contributed by atoms with Gasteiger partial charge in [0.2, 0.25) is 0 Å². The number of hydrogen-bond donors (Lipinski definition) is 2. The van der Waals surface area contributed by atoms with Gasteiger partial charge in [0, 0.05) is 5.41 Å². The van der Waals surface area contributed by atoms with Crippen LogP contribution in [-0.2, 0) is 14.9 Å². The molecule has 0 atom stereocenters. The fourth-order valence-electron chi connectivity index (χ4n) is 5.60. The lowest BCUT2D eigenvalue weighted by Crippen LogP contribution is -2.31. The molecule has 218 valence electrons. The molecule has 0 unspecified atom stereocenters. The van der Waals surface area contributed by atoms with Crippen molar-refractivity contribution in [2.75, 3.05) is 6.61 Å². The number of esters is 1. The molecule has 4 nitrogen and oxygen atoms in total. The number of phenolic OH excluding ortho intramolecular Hbond substituents is 2. The van der Waals surface area contributed by atoms with Crippen LogP contribution in [-0.4, -0.2) is 22.8 Å². The Labute approximate surface area is 238 Å². The minimum atomic E-state index is -0.576. The number of ether oxygens (including phenoxy) is 1. The summed E-state index contributed by atoms with van der Waals surface area (Å²) in [5.74, 6) is 0.181. The Morgan fingerprint density at radius 1 is 0.590 bits per heavy atom. The van der Waals surface area contributed by atoms with E-state index in [0.717, 1.165) is 24.0 Å². The lowest BCUT2D eigenvalue weighted by molar-refractivity contribution is -0.145. The van der Waals surface area contributed by atoms with Crippen molar-refractivity contribution < 1.29 is 19.7 Å². The molecular formula is C35H54O4. The fourth-order valence-corrected chi connectivity index (χ4v) is 5.60. The van der Waals surface area contributed by atoms with Gasteiger partial charge in [0.25, 0.3) is 0 Å². The van der Waals surface area contributed by atoms with E-state index in [2.05, 4.69) is 13.8 Å². The van der Waals surface area contributed by atoms with Crippen LogP contribution < -0.4 is 0 Å². The van der Waals surface area contributed by atoms with E-state index < -0.39 is 5.41 Å². The molecule has 0 radical (unpaired) electrons. The highest BCUT2D eigenvalue weighted by Gasteiger charge is 2.35. The minimum absolute atomic E-state index is 0.195. The Bertz CT molecular complexity index is 842. The molecule has 0 aliphatic heterocycles. The molecule has 4 heteroatoms. The predicted molar refractivity (Wildman–Crippen MR) is 162 cm³/mol. The third-order valence-electron chi connectivity index (χ3n) is 8.15. The predicted octanol–water partition coefficient (Wildman–Crippen LogP) is 9.99. The average molecular weight is 539 g/mol.